The molecule has 6 fully saturated rings. The molecule has 0 amide bonds. The van der Waals surface area contributed by atoms with Crippen LogP contribution in [-0.2, 0) is 47.1 Å². The number of allylic oxidation sites excluding steroid dienone is 1. The molecule has 0 aromatic heterocycles. The number of ether oxygens (including phenoxy) is 6. The average Bonchev–Trinajstić information content (AvgIpc) is 3.81. The van der Waals surface area contributed by atoms with Gasteiger partial charge in [0.1, 0.15) is 36.3 Å². The van der Waals surface area contributed by atoms with E-state index in [0.29, 0.717) is 43.9 Å². The molecule has 0 aromatic rings. The highest BCUT2D eigenvalue weighted by Gasteiger charge is 2.59. The van der Waals surface area contributed by atoms with Gasteiger partial charge >= 0.3 is 0 Å². The first-order valence-corrected chi connectivity index (χ1v) is 34.1. The summed E-state index contributed by atoms with van der Waals surface area (Å²) >= 11 is 0. The third-order valence-electron chi connectivity index (χ3n) is 14.1. The number of carbonyl (C=O) groups excluding carboxylic acids is 2. The van der Waals surface area contributed by atoms with E-state index in [1.807, 2.05) is 6.08 Å². The number of hydrogen-bond donors (Lipinski definition) is 0. The van der Waals surface area contributed by atoms with Crippen molar-refractivity contribution in [1.82, 2.24) is 0 Å². The molecule has 7 rings (SSSR count). The van der Waals surface area contributed by atoms with Crippen LogP contribution in [0.2, 0.25) is 0 Å². The fourth-order valence-corrected chi connectivity index (χ4v) is 14.8. The lowest BCUT2D eigenvalue weighted by Crippen LogP contribution is -2.61. The number of ketones is 2. The number of Topliss-reactive ketones (excluding diaryl/α,β-unsaturated/α-hetero) is 1. The second kappa shape index (κ2) is 22.7. The normalized spacial score (nSPS) is 44.2. The Labute approximate surface area is 374 Å². The van der Waals surface area contributed by atoms with E-state index in [1.165, 1.54) is 12.6 Å². The lowest BCUT2D eigenvalue weighted by molar-refractivity contribution is -0.251. The largest absolute Gasteiger partial charge is 0.374 e. The minimum atomic E-state index is -0.962. The molecule has 60 heavy (non-hydrogen) atoms. The van der Waals surface area contributed by atoms with E-state index in [2.05, 4.69) is 78.6 Å². The van der Waals surface area contributed by atoms with Crippen molar-refractivity contribution < 1.29 is 47.1 Å². The van der Waals surface area contributed by atoms with Crippen LogP contribution in [-0.4, -0.2) is 103 Å². The Morgan fingerprint density at radius 1 is 0.783 bits per heavy atom. The van der Waals surface area contributed by atoms with E-state index in [0.717, 1.165) is 51.5 Å². The Morgan fingerprint density at radius 2 is 1.50 bits per heavy atom. The molecule has 0 radical (unpaired) electrons. The molecule has 7 aliphatic heterocycles. The second-order valence-electron chi connectivity index (χ2n) is 18.5. The molecule has 0 aromatic carbocycles. The highest BCUT2D eigenvalue weighted by atomic mass is 32.4. The van der Waals surface area contributed by atoms with E-state index < -0.39 is 51.7 Å². The first-order valence-electron chi connectivity index (χ1n) is 22.0. The zero-order chi connectivity index (χ0) is 42.8. The standard InChI is InChI=1S/C42H70O10P8/c1-21(12-13-58-53)14-34-25(5)31-18-27(44)17-30-9-11-33-38(47-30)42(52-60(56)57)41-40(49-33)39(51-59(54)55)37(50-41)19-26(43)6-7-28-16-23(3)32(45-28)10-8-29-15-22(2)24(4)35(46-29)20-36(31)48-34/h6-7,21-22,25,28-42,58H,3-4,8-20,53-57H2,1-2,5H3/b7-6+/t21-,22-,25-,28?,29+,30-,31?,32?,33+,34-,35-,36?,37-,38+,39+,40+,41-,42+/m1/s1. The Balaban J connectivity index is 1.15. The molecule has 0 spiro atoms. The molecule has 10 unspecified atom stereocenters. The summed E-state index contributed by atoms with van der Waals surface area (Å²) < 4.78 is 54.0. The molecule has 0 N–H and O–H groups in total. The van der Waals surface area contributed by atoms with Crippen LogP contribution in [0.5, 0.6) is 0 Å². The van der Waals surface area contributed by atoms with Crippen LogP contribution in [0.1, 0.15) is 97.8 Å². The van der Waals surface area contributed by atoms with Gasteiger partial charge in [0.05, 0.1) is 70.0 Å². The van der Waals surface area contributed by atoms with Crippen LogP contribution < -0.4 is 0 Å². The zero-order valence-corrected chi connectivity index (χ0v) is 44.1. The number of carbonyl (C=O) groups is 2. The molecule has 6 saturated heterocycles. The molecule has 10 nitrogen and oxygen atoms in total. The molecule has 0 saturated carbocycles. The monoisotopic (exact) mass is 982 g/mol. The summed E-state index contributed by atoms with van der Waals surface area (Å²) in [4.78, 5) is 27.9. The summed E-state index contributed by atoms with van der Waals surface area (Å²) in [6.45, 7) is 15.8. The third kappa shape index (κ3) is 12.4. The van der Waals surface area contributed by atoms with Gasteiger partial charge in [-0.15, -0.1) is 17.2 Å². The van der Waals surface area contributed by atoms with Gasteiger partial charge < -0.3 is 37.5 Å². The first-order chi connectivity index (χ1) is 28.7. The first kappa shape index (κ1) is 49.6. The second-order valence-corrected chi connectivity index (χ2v) is 32.2. The Morgan fingerprint density at radius 3 is 2.25 bits per heavy atom. The summed E-state index contributed by atoms with van der Waals surface area (Å²) in [6, 6.07) is 0. The van der Waals surface area contributed by atoms with Gasteiger partial charge in [0.2, 0.25) is 0 Å². The summed E-state index contributed by atoms with van der Waals surface area (Å²) in [5, 5.41) is 0. The fourth-order valence-electron chi connectivity index (χ4n) is 10.9. The van der Waals surface area contributed by atoms with E-state index in [4.69, 9.17) is 37.5 Å². The maximum atomic E-state index is 14.3. The van der Waals surface area contributed by atoms with Gasteiger partial charge in [-0.3, -0.25) is 9.59 Å². The Hall–Kier alpha value is 1.68. The molecule has 7 aliphatic rings. The van der Waals surface area contributed by atoms with Crippen molar-refractivity contribution in [3.63, 3.8) is 0 Å². The molecule has 18 heteroatoms. The van der Waals surface area contributed by atoms with Crippen LogP contribution in [0.4, 0.5) is 0 Å². The molecular formula is C42H70O10P8. The molecule has 8 bridgehead atoms. The smallest absolute Gasteiger partial charge is 0.158 e. The average molecular weight is 983 g/mol. The number of fused-ring (bicyclic) bond motifs is 7. The van der Waals surface area contributed by atoms with Crippen molar-refractivity contribution in [2.24, 2.45) is 23.7 Å². The summed E-state index contributed by atoms with van der Waals surface area (Å²) in [7, 11) is 12.8. The third-order valence-corrected chi connectivity index (χ3v) is 18.0. The summed E-state index contributed by atoms with van der Waals surface area (Å²) in [5.41, 5.74) is 2.17. The Kier molecular flexibility index (Phi) is 18.7. The van der Waals surface area contributed by atoms with Gasteiger partial charge in [-0.2, -0.15) is 0 Å². The maximum absolute atomic E-state index is 14.3. The van der Waals surface area contributed by atoms with E-state index >= 15 is 0 Å². The fraction of sp³-hybridized carbons (Fsp3) is 0.810. The van der Waals surface area contributed by atoms with Crippen molar-refractivity contribution in [2.45, 2.75) is 183 Å². The van der Waals surface area contributed by atoms with Crippen LogP contribution in [0.15, 0.2) is 36.5 Å². The minimum Gasteiger partial charge on any atom is -0.374 e. The number of rotatable bonds is 9. The summed E-state index contributed by atoms with van der Waals surface area (Å²) in [6.07, 6.45) is 9.39. The van der Waals surface area contributed by atoms with Crippen molar-refractivity contribution >= 4 is 79.5 Å². The predicted molar refractivity (Wildman–Crippen MR) is 261 cm³/mol. The van der Waals surface area contributed by atoms with Crippen LogP contribution in [0.25, 0.3) is 0 Å². The molecule has 338 valence electrons. The SMILES string of the molecule is C=C1CC2/C=C/C(=O)C[C@H]3O[C@H]4[C@@H](OP(P)P)[C@H]5O[C@H](CC[C@@H]5O[C@H]4[C@H]3OP(P)P)CC(=O)CC3C(C[C@H]4O[C@@H](CCC1O2)C[C@@H](C)C4=C)O[C@H](C[C@H](C)CCPP)[C@@H]3C. The van der Waals surface area contributed by atoms with E-state index in [-0.39, 0.29) is 78.7 Å². The number of hydrogen-bond acceptors (Lipinski definition) is 10. The zero-order valence-electron chi connectivity index (χ0n) is 35.5. The van der Waals surface area contributed by atoms with Gasteiger partial charge in [-0.05, 0) is 92.0 Å². The van der Waals surface area contributed by atoms with Gasteiger partial charge in [0.25, 0.3) is 0 Å². The van der Waals surface area contributed by atoms with Gasteiger partial charge in [-0.1, -0.05) is 75.7 Å². The van der Waals surface area contributed by atoms with Crippen molar-refractivity contribution in [1.29, 1.82) is 0 Å². The van der Waals surface area contributed by atoms with Crippen molar-refractivity contribution in [3.8, 4) is 0 Å². The van der Waals surface area contributed by atoms with E-state index in [9.17, 15) is 9.59 Å². The van der Waals surface area contributed by atoms with Crippen LogP contribution in [0.3, 0.4) is 0 Å². The molecular weight excluding hydrogens is 912 g/mol. The summed E-state index contributed by atoms with van der Waals surface area (Å²) in [5.74, 6) is 1.31. The van der Waals surface area contributed by atoms with Gasteiger partial charge in [-0.25, -0.2) is 0 Å². The minimum absolute atomic E-state index is 0.0583. The molecule has 0 aliphatic carbocycles. The van der Waals surface area contributed by atoms with Crippen LogP contribution in [0, 0.1) is 23.7 Å². The Bertz CT molecular complexity index is 1560. The molecule has 24 atom stereocenters. The lowest BCUT2D eigenvalue weighted by Gasteiger charge is -2.48. The predicted octanol–water partition coefficient (Wildman–Crippen LogP) is 9.81. The maximum Gasteiger partial charge on any atom is 0.158 e. The van der Waals surface area contributed by atoms with Crippen molar-refractivity contribution in [2.75, 3.05) is 6.16 Å². The molecule has 7 heterocycles. The highest BCUT2D eigenvalue weighted by Crippen LogP contribution is 2.60. The van der Waals surface area contributed by atoms with Crippen molar-refractivity contribution in [3.05, 3.63) is 36.5 Å². The lowest BCUT2D eigenvalue weighted by atomic mass is 9.78. The topological polar surface area (TPSA) is 108 Å². The quantitative estimate of drug-likeness (QED) is 0.164. The van der Waals surface area contributed by atoms with Gasteiger partial charge in [0.15, 0.2) is 5.78 Å². The highest BCUT2D eigenvalue weighted by molar-refractivity contribution is 8.41. The van der Waals surface area contributed by atoms with Crippen LogP contribution >= 0.6 is 68.0 Å². The van der Waals surface area contributed by atoms with E-state index in [1.54, 1.807) is 6.08 Å². The van der Waals surface area contributed by atoms with Gasteiger partial charge in [0, 0.05) is 32.1 Å².